The van der Waals surface area contributed by atoms with E-state index in [0.717, 1.165) is 24.7 Å². The highest BCUT2D eigenvalue weighted by Gasteiger charge is 2.73. The molecule has 53 heavy (non-hydrogen) atoms. The van der Waals surface area contributed by atoms with Gasteiger partial charge in [-0.3, -0.25) is 24.1 Å². The van der Waals surface area contributed by atoms with Gasteiger partial charge < -0.3 is 9.47 Å². The summed E-state index contributed by atoms with van der Waals surface area (Å²) in [6, 6.07) is 22.8. The quantitative estimate of drug-likeness (QED) is 0.123. The Morgan fingerprint density at radius 2 is 0.925 bits per heavy atom. The van der Waals surface area contributed by atoms with Crippen molar-refractivity contribution in [2.75, 3.05) is 11.9 Å². The van der Waals surface area contributed by atoms with Gasteiger partial charge in [0.05, 0.1) is 27.9 Å². The van der Waals surface area contributed by atoms with Crippen LogP contribution < -0.4 is 14.4 Å². The van der Waals surface area contributed by atoms with E-state index in [4.69, 9.17) is 9.47 Å². The lowest BCUT2D eigenvalue weighted by Crippen LogP contribution is -2.55. The van der Waals surface area contributed by atoms with Crippen molar-refractivity contribution in [3.63, 3.8) is 0 Å². The summed E-state index contributed by atoms with van der Waals surface area (Å²) in [4.78, 5) is 53.3. The second-order valence-electron chi connectivity index (χ2n) is 12.4. The molecule has 2 aliphatic heterocycles. The average Bonchev–Trinajstić information content (AvgIpc) is 3.46. The second-order valence-corrected chi connectivity index (χ2v) is 12.4. The van der Waals surface area contributed by atoms with Crippen molar-refractivity contribution in [3.05, 3.63) is 148 Å². The average molecular weight is 731 g/mol. The van der Waals surface area contributed by atoms with Gasteiger partial charge in [0.25, 0.3) is 23.6 Å². The van der Waals surface area contributed by atoms with E-state index in [-0.39, 0.29) is 17.0 Å². The molecule has 0 atom stereocenters. The molecule has 4 amide bonds. The number of alkyl halides is 6. The summed E-state index contributed by atoms with van der Waals surface area (Å²) in [6.07, 6.45) is -12.2. The number of hydrogen-bond donors (Lipinski definition) is 0. The van der Waals surface area contributed by atoms with E-state index in [2.05, 4.69) is 0 Å². The van der Waals surface area contributed by atoms with Crippen LogP contribution in [0, 0.1) is 6.92 Å². The number of amides is 4. The monoisotopic (exact) mass is 730 g/mol. The SMILES string of the molecule is Cc1cccc(Oc2cccc(Oc3cccc(N4C(=O)c5ccc(C(c6ccc7c(c6)C(=O)N(C)C7=O)(C(F)(F)F)C(F)(F)F)cc5C4=O)c3)c2)c1. The number of halogens is 6. The minimum Gasteiger partial charge on any atom is -0.457 e. The maximum atomic E-state index is 15.0. The Morgan fingerprint density at radius 3 is 1.47 bits per heavy atom. The minimum absolute atomic E-state index is 0.0637. The number of benzene rings is 5. The Labute approximate surface area is 296 Å². The van der Waals surface area contributed by atoms with E-state index in [9.17, 15) is 19.2 Å². The Hall–Kier alpha value is -6.44. The van der Waals surface area contributed by atoms with Crippen LogP contribution >= 0.6 is 0 Å². The number of hydrogen-bond acceptors (Lipinski definition) is 6. The highest BCUT2D eigenvalue weighted by atomic mass is 19.4. The fourth-order valence-corrected chi connectivity index (χ4v) is 6.52. The van der Waals surface area contributed by atoms with Gasteiger partial charge >= 0.3 is 12.4 Å². The summed E-state index contributed by atoms with van der Waals surface area (Å²) in [5.74, 6) is -2.63. The lowest BCUT2D eigenvalue weighted by atomic mass is 9.71. The molecule has 2 heterocycles. The number of rotatable bonds is 7. The topological polar surface area (TPSA) is 93.2 Å². The van der Waals surface area contributed by atoms with Crippen molar-refractivity contribution < 1.29 is 55.0 Å². The maximum absolute atomic E-state index is 15.0. The first-order chi connectivity index (χ1) is 25.0. The fourth-order valence-electron chi connectivity index (χ4n) is 6.52. The predicted octanol–water partition coefficient (Wildman–Crippen LogP) is 9.02. The third-order valence-electron chi connectivity index (χ3n) is 9.03. The molecule has 0 bridgehead atoms. The van der Waals surface area contributed by atoms with Crippen LogP contribution in [0.15, 0.2) is 109 Å². The van der Waals surface area contributed by atoms with Gasteiger partial charge in [-0.05, 0) is 84.3 Å². The standard InChI is InChI=1S/C39H24F6N2O6/c1-21-6-3-8-25(16-21)52-27-10-5-11-28(20-27)53-26-9-4-7-24(19-26)47-35(50)30-15-13-23(18-32(30)36(47)51)37(38(40,41)42,39(43,44)45)22-12-14-29-31(17-22)34(49)46(2)33(29)48/h3-20H,1-2H3. The van der Waals surface area contributed by atoms with E-state index in [1.807, 2.05) is 25.1 Å². The Kier molecular flexibility index (Phi) is 8.16. The van der Waals surface area contributed by atoms with Gasteiger partial charge in [0, 0.05) is 19.2 Å². The molecule has 0 unspecified atom stereocenters. The summed E-state index contributed by atoms with van der Waals surface area (Å²) < 4.78 is 102. The number of carbonyl (C=O) groups is 4. The summed E-state index contributed by atoms with van der Waals surface area (Å²) in [6.45, 7) is 1.91. The molecule has 0 saturated heterocycles. The molecule has 0 fully saturated rings. The summed E-state index contributed by atoms with van der Waals surface area (Å²) in [7, 11) is 1.04. The van der Waals surface area contributed by atoms with E-state index in [1.54, 1.807) is 30.3 Å². The zero-order valence-corrected chi connectivity index (χ0v) is 27.5. The number of carbonyl (C=O) groups excluding carboxylic acids is 4. The molecule has 0 aliphatic carbocycles. The molecular formula is C39H24F6N2O6. The third kappa shape index (κ3) is 5.66. The number of imide groups is 2. The minimum atomic E-state index is -6.08. The zero-order chi connectivity index (χ0) is 38.0. The first-order valence-corrected chi connectivity index (χ1v) is 15.8. The zero-order valence-electron chi connectivity index (χ0n) is 27.5. The van der Waals surface area contributed by atoms with Gasteiger partial charge in [0.2, 0.25) is 5.41 Å². The van der Waals surface area contributed by atoms with Gasteiger partial charge in [0.15, 0.2) is 0 Å². The van der Waals surface area contributed by atoms with Crippen LogP contribution in [0.3, 0.4) is 0 Å². The van der Waals surface area contributed by atoms with Crippen LogP contribution in [-0.4, -0.2) is 47.9 Å². The second kappa shape index (κ2) is 12.4. The first kappa shape index (κ1) is 35.0. The number of nitrogens with zero attached hydrogens (tertiary/aromatic N) is 2. The molecule has 14 heteroatoms. The number of ether oxygens (including phenoxy) is 2. The van der Waals surface area contributed by atoms with Crippen LogP contribution in [0.5, 0.6) is 23.0 Å². The molecule has 0 saturated carbocycles. The van der Waals surface area contributed by atoms with E-state index >= 15 is 26.3 Å². The van der Waals surface area contributed by atoms with Crippen LogP contribution in [0.25, 0.3) is 0 Å². The van der Waals surface area contributed by atoms with Gasteiger partial charge in [-0.1, -0.05) is 36.4 Å². The molecule has 8 nitrogen and oxygen atoms in total. The summed E-state index contributed by atoms with van der Waals surface area (Å²) in [5.41, 5.74) is -8.81. The van der Waals surface area contributed by atoms with Crippen molar-refractivity contribution in [1.82, 2.24) is 4.90 Å². The van der Waals surface area contributed by atoms with Gasteiger partial charge in [0.1, 0.15) is 23.0 Å². The molecule has 2 aliphatic rings. The Morgan fingerprint density at radius 1 is 0.491 bits per heavy atom. The van der Waals surface area contributed by atoms with E-state index < -0.39 is 69.2 Å². The van der Waals surface area contributed by atoms with Crippen LogP contribution in [0.2, 0.25) is 0 Å². The number of anilines is 1. The molecular weight excluding hydrogens is 706 g/mol. The lowest BCUT2D eigenvalue weighted by molar-refractivity contribution is -0.288. The highest BCUT2D eigenvalue weighted by Crippen LogP contribution is 2.57. The maximum Gasteiger partial charge on any atom is 0.411 e. The van der Waals surface area contributed by atoms with Crippen LogP contribution in [0.4, 0.5) is 32.0 Å². The van der Waals surface area contributed by atoms with Crippen molar-refractivity contribution in [2.24, 2.45) is 0 Å². The number of fused-ring (bicyclic) bond motifs is 2. The van der Waals surface area contributed by atoms with Crippen molar-refractivity contribution in [1.29, 1.82) is 0 Å². The van der Waals surface area contributed by atoms with Gasteiger partial charge in [-0.15, -0.1) is 0 Å². The van der Waals surface area contributed by atoms with Crippen LogP contribution in [-0.2, 0) is 5.41 Å². The van der Waals surface area contributed by atoms with Gasteiger partial charge in [-0.2, -0.15) is 26.3 Å². The molecule has 268 valence electrons. The molecule has 0 N–H and O–H groups in total. The molecule has 0 aromatic heterocycles. The Balaban J connectivity index is 1.23. The smallest absolute Gasteiger partial charge is 0.411 e. The number of aryl methyl sites for hydroxylation is 1. The predicted molar refractivity (Wildman–Crippen MR) is 178 cm³/mol. The lowest BCUT2D eigenvalue weighted by Gasteiger charge is -2.38. The van der Waals surface area contributed by atoms with E-state index in [0.29, 0.717) is 51.3 Å². The summed E-state index contributed by atoms with van der Waals surface area (Å²) >= 11 is 0. The van der Waals surface area contributed by atoms with Crippen molar-refractivity contribution in [3.8, 4) is 23.0 Å². The van der Waals surface area contributed by atoms with Gasteiger partial charge in [-0.25, -0.2) is 4.90 Å². The first-order valence-electron chi connectivity index (χ1n) is 15.8. The molecule has 5 aromatic carbocycles. The normalized spacial score (nSPS) is 14.5. The molecule has 5 aromatic rings. The van der Waals surface area contributed by atoms with E-state index in [1.165, 1.54) is 24.3 Å². The van der Waals surface area contributed by atoms with Crippen molar-refractivity contribution >= 4 is 29.3 Å². The molecule has 7 rings (SSSR count). The molecule has 0 radical (unpaired) electrons. The van der Waals surface area contributed by atoms with Crippen LogP contribution in [0.1, 0.15) is 58.1 Å². The highest BCUT2D eigenvalue weighted by molar-refractivity contribution is 6.34. The van der Waals surface area contributed by atoms with Crippen molar-refractivity contribution in [2.45, 2.75) is 24.7 Å². The Bertz CT molecular complexity index is 2360. The summed E-state index contributed by atoms with van der Waals surface area (Å²) in [5, 5.41) is 0. The third-order valence-corrected chi connectivity index (χ3v) is 9.03. The molecule has 0 spiro atoms. The fraction of sp³-hybridized carbons (Fsp3) is 0.128. The largest absolute Gasteiger partial charge is 0.457 e.